The molecule has 1 fully saturated rings. The standard InChI is InChI=1S/C33H48N4O8S/c1-22-29(46-21-35-22)24-12-10-23(11-13-24)18-34-31(42)26-17-25(38)19-37(26)32(43)30(33(2,3)4)36-27(39)20-45-16-15-44-14-8-6-5-7-9-28(40)41/h10-13,21,25-26,30,38H,5-9,14-20H2,1-4H3,(H,34,42)(H,36,39)(H,40,41)/t25-,26+,30-/m1/s1. The van der Waals surface area contributed by atoms with Crippen LogP contribution in [0.15, 0.2) is 29.8 Å². The first-order valence-electron chi connectivity index (χ1n) is 15.8. The molecule has 0 aliphatic carbocycles. The van der Waals surface area contributed by atoms with Gasteiger partial charge in [0.25, 0.3) is 0 Å². The van der Waals surface area contributed by atoms with Crippen LogP contribution in [0.1, 0.15) is 70.6 Å². The van der Waals surface area contributed by atoms with Crippen LogP contribution < -0.4 is 10.6 Å². The first-order chi connectivity index (χ1) is 21.9. The monoisotopic (exact) mass is 660 g/mol. The van der Waals surface area contributed by atoms with Crippen molar-refractivity contribution >= 4 is 35.0 Å². The number of nitrogens with zero attached hydrogens (tertiary/aromatic N) is 2. The van der Waals surface area contributed by atoms with Gasteiger partial charge in [-0.15, -0.1) is 11.3 Å². The number of unbranched alkanes of at least 4 members (excludes halogenated alkanes) is 3. The van der Waals surface area contributed by atoms with Crippen LogP contribution in [0, 0.1) is 12.3 Å². The number of aliphatic carboxylic acids is 1. The summed E-state index contributed by atoms with van der Waals surface area (Å²) < 4.78 is 10.9. The third-order valence-corrected chi connectivity index (χ3v) is 8.72. The number of nitrogens with one attached hydrogen (secondary N) is 2. The van der Waals surface area contributed by atoms with E-state index in [2.05, 4.69) is 15.6 Å². The summed E-state index contributed by atoms with van der Waals surface area (Å²) in [7, 11) is 0. The molecule has 4 N–H and O–H groups in total. The van der Waals surface area contributed by atoms with E-state index in [-0.39, 0.29) is 45.1 Å². The number of hydrogen-bond donors (Lipinski definition) is 4. The number of carboxylic acids is 1. The number of benzene rings is 1. The van der Waals surface area contributed by atoms with Gasteiger partial charge in [-0.3, -0.25) is 19.2 Å². The number of aryl methyl sites for hydroxylation is 1. The Kier molecular flexibility index (Phi) is 14.6. The molecule has 46 heavy (non-hydrogen) atoms. The molecule has 0 unspecified atom stereocenters. The number of carbonyl (C=O) groups is 4. The zero-order valence-electron chi connectivity index (χ0n) is 27.3. The Morgan fingerprint density at radius 1 is 1.04 bits per heavy atom. The highest BCUT2D eigenvalue weighted by molar-refractivity contribution is 7.13. The second kappa shape index (κ2) is 18.1. The molecule has 12 nitrogen and oxygen atoms in total. The van der Waals surface area contributed by atoms with Crippen molar-refractivity contribution in [1.82, 2.24) is 20.5 Å². The predicted molar refractivity (Wildman–Crippen MR) is 174 cm³/mol. The summed E-state index contributed by atoms with van der Waals surface area (Å²) >= 11 is 1.57. The van der Waals surface area contributed by atoms with E-state index in [9.17, 15) is 24.3 Å². The minimum Gasteiger partial charge on any atom is -0.481 e. The molecule has 1 aromatic carbocycles. The zero-order valence-corrected chi connectivity index (χ0v) is 28.1. The Morgan fingerprint density at radius 2 is 1.74 bits per heavy atom. The van der Waals surface area contributed by atoms with Crippen LogP contribution in [-0.4, -0.2) is 94.9 Å². The zero-order chi connectivity index (χ0) is 33.7. The normalized spacial score (nSPS) is 17.1. The lowest BCUT2D eigenvalue weighted by atomic mass is 9.85. The summed E-state index contributed by atoms with van der Waals surface area (Å²) in [6, 6.07) is 6.04. The highest BCUT2D eigenvalue weighted by atomic mass is 32.1. The molecule has 1 aliphatic rings. The van der Waals surface area contributed by atoms with Crippen LogP contribution in [-0.2, 0) is 35.2 Å². The fourth-order valence-electron chi connectivity index (χ4n) is 5.20. The van der Waals surface area contributed by atoms with Crippen LogP contribution in [0.25, 0.3) is 10.4 Å². The summed E-state index contributed by atoms with van der Waals surface area (Å²) in [6.45, 7) is 8.48. The predicted octanol–water partition coefficient (Wildman–Crippen LogP) is 3.30. The number of aromatic nitrogens is 1. The number of aliphatic hydroxyl groups is 1. The van der Waals surface area contributed by atoms with Gasteiger partial charge in [-0.2, -0.15) is 0 Å². The second-order valence-electron chi connectivity index (χ2n) is 12.7. The Bertz CT molecular complexity index is 1290. The number of rotatable bonds is 18. The van der Waals surface area contributed by atoms with E-state index in [0.29, 0.717) is 19.6 Å². The van der Waals surface area contributed by atoms with Crippen LogP contribution in [0.4, 0.5) is 0 Å². The molecule has 1 saturated heterocycles. The fourth-order valence-corrected chi connectivity index (χ4v) is 6.01. The molecule has 13 heteroatoms. The molecule has 1 aromatic heterocycles. The molecule has 0 bridgehead atoms. The van der Waals surface area contributed by atoms with Crippen molar-refractivity contribution < 1.29 is 38.9 Å². The third-order valence-electron chi connectivity index (χ3n) is 7.75. The maximum atomic E-state index is 13.7. The quantitative estimate of drug-likeness (QED) is 0.176. The highest BCUT2D eigenvalue weighted by Gasteiger charge is 2.44. The van der Waals surface area contributed by atoms with E-state index >= 15 is 0 Å². The summed E-state index contributed by atoms with van der Waals surface area (Å²) in [5.41, 5.74) is 4.05. The Balaban J connectivity index is 1.45. The minimum atomic E-state index is -0.940. The van der Waals surface area contributed by atoms with Crippen LogP contribution >= 0.6 is 11.3 Å². The number of ether oxygens (including phenoxy) is 2. The van der Waals surface area contributed by atoms with Crippen molar-refractivity contribution in [2.75, 3.05) is 33.0 Å². The molecule has 3 rings (SSSR count). The van der Waals surface area contributed by atoms with Gasteiger partial charge in [0.15, 0.2) is 0 Å². The molecular weight excluding hydrogens is 612 g/mol. The van der Waals surface area contributed by atoms with Crippen LogP contribution in [0.2, 0.25) is 0 Å². The fraction of sp³-hybridized carbons (Fsp3) is 0.606. The molecule has 2 heterocycles. The van der Waals surface area contributed by atoms with Crippen molar-refractivity contribution in [2.45, 2.75) is 91.0 Å². The molecule has 3 amide bonds. The van der Waals surface area contributed by atoms with E-state index in [1.54, 1.807) is 11.3 Å². The van der Waals surface area contributed by atoms with Crippen LogP contribution in [0.3, 0.4) is 0 Å². The number of carboxylic acid groups (broad SMARTS) is 1. The van der Waals surface area contributed by atoms with E-state index in [4.69, 9.17) is 14.6 Å². The minimum absolute atomic E-state index is 0.00430. The van der Waals surface area contributed by atoms with Gasteiger partial charge in [0.05, 0.1) is 35.4 Å². The number of aliphatic hydroxyl groups excluding tert-OH is 1. The van der Waals surface area contributed by atoms with Crippen molar-refractivity contribution in [2.24, 2.45) is 5.41 Å². The average Bonchev–Trinajstić information content (AvgIpc) is 3.61. The van der Waals surface area contributed by atoms with Crippen LogP contribution in [0.5, 0.6) is 0 Å². The average molecular weight is 661 g/mol. The number of hydrogen-bond acceptors (Lipinski definition) is 9. The molecular formula is C33H48N4O8S. The van der Waals surface area contributed by atoms with Gasteiger partial charge in [-0.1, -0.05) is 57.9 Å². The summed E-state index contributed by atoms with van der Waals surface area (Å²) in [6.07, 6.45) is 2.63. The second-order valence-corrected chi connectivity index (χ2v) is 13.5. The first kappa shape index (κ1) is 37.1. The molecule has 1 aliphatic heterocycles. The van der Waals surface area contributed by atoms with Gasteiger partial charge in [0.1, 0.15) is 18.7 Å². The number of β-amino-alcohol motifs (C(OH)–C–C–N with tert-alkyl or cyclic N) is 1. The highest BCUT2D eigenvalue weighted by Crippen LogP contribution is 2.28. The van der Waals surface area contributed by atoms with Crippen molar-refractivity contribution in [1.29, 1.82) is 0 Å². The van der Waals surface area contributed by atoms with E-state index < -0.39 is 41.4 Å². The van der Waals surface area contributed by atoms with E-state index in [1.807, 2.05) is 57.5 Å². The smallest absolute Gasteiger partial charge is 0.303 e. The SMILES string of the molecule is Cc1ncsc1-c1ccc(CNC(=O)[C@@H]2C[C@@H](O)CN2C(=O)[C@@H](NC(=O)COCCOCCCCCCC(=O)O)C(C)(C)C)cc1. The molecule has 0 spiro atoms. The van der Waals surface area contributed by atoms with Gasteiger partial charge in [0, 0.05) is 32.5 Å². The Hall–Kier alpha value is -3.39. The van der Waals surface area contributed by atoms with E-state index in [0.717, 1.165) is 41.0 Å². The summed E-state index contributed by atoms with van der Waals surface area (Å²) in [5, 5.41) is 24.7. The van der Waals surface area contributed by atoms with Crippen molar-refractivity contribution in [3.05, 3.63) is 41.0 Å². The molecule has 2 aromatic rings. The lowest BCUT2D eigenvalue weighted by Crippen LogP contribution is -2.58. The maximum Gasteiger partial charge on any atom is 0.303 e. The summed E-state index contributed by atoms with van der Waals surface area (Å²) in [5.74, 6) is -2.05. The van der Waals surface area contributed by atoms with Gasteiger partial charge in [-0.05, 0) is 36.3 Å². The Labute approximate surface area is 274 Å². The van der Waals surface area contributed by atoms with Gasteiger partial charge < -0.3 is 35.2 Å². The summed E-state index contributed by atoms with van der Waals surface area (Å²) in [4.78, 5) is 57.0. The lowest BCUT2D eigenvalue weighted by molar-refractivity contribution is -0.144. The van der Waals surface area contributed by atoms with Crippen molar-refractivity contribution in [3.8, 4) is 10.4 Å². The number of likely N-dealkylation sites (tertiary alicyclic amines) is 1. The topological polar surface area (TPSA) is 167 Å². The molecule has 3 atom stereocenters. The number of carbonyl (C=O) groups excluding carboxylic acids is 3. The first-order valence-corrected chi connectivity index (χ1v) is 16.7. The number of thiazole rings is 1. The molecule has 0 radical (unpaired) electrons. The van der Waals surface area contributed by atoms with Crippen molar-refractivity contribution in [3.63, 3.8) is 0 Å². The van der Waals surface area contributed by atoms with Gasteiger partial charge in [-0.25, -0.2) is 4.98 Å². The molecule has 254 valence electrons. The number of amides is 3. The van der Waals surface area contributed by atoms with E-state index in [1.165, 1.54) is 4.90 Å². The molecule has 0 saturated carbocycles. The third kappa shape index (κ3) is 11.8. The Morgan fingerprint density at radius 3 is 2.39 bits per heavy atom. The largest absolute Gasteiger partial charge is 0.481 e. The van der Waals surface area contributed by atoms with Gasteiger partial charge in [0.2, 0.25) is 17.7 Å². The lowest BCUT2D eigenvalue weighted by Gasteiger charge is -2.35. The van der Waals surface area contributed by atoms with Gasteiger partial charge >= 0.3 is 5.97 Å². The maximum absolute atomic E-state index is 13.7.